The summed E-state index contributed by atoms with van der Waals surface area (Å²) in [5.41, 5.74) is 0.713. The summed E-state index contributed by atoms with van der Waals surface area (Å²) in [4.78, 5) is 12.5. The van der Waals surface area contributed by atoms with Crippen LogP contribution in [-0.4, -0.2) is 5.78 Å². The number of thiol groups is 2. The van der Waals surface area contributed by atoms with E-state index >= 15 is 0 Å². The topological polar surface area (TPSA) is 17.1 Å². The lowest BCUT2D eigenvalue weighted by Gasteiger charge is -2.09. The Kier molecular flexibility index (Phi) is 3.71. The monoisotopic (exact) mass is 232 g/mol. The van der Waals surface area contributed by atoms with Gasteiger partial charge in [-0.2, -0.15) is 0 Å². The fraction of sp³-hybridized carbons (Fsp3) is 0.222. The highest BCUT2D eigenvalue weighted by molar-refractivity contribution is 7.80. The molecule has 0 fully saturated rings. The van der Waals surface area contributed by atoms with Gasteiger partial charge >= 0.3 is 0 Å². The Morgan fingerprint density at radius 2 is 2.08 bits per heavy atom. The van der Waals surface area contributed by atoms with Crippen LogP contribution in [0.4, 0.5) is 0 Å². The van der Waals surface area contributed by atoms with Crippen LogP contribution in [0, 0.1) is 0 Å². The van der Waals surface area contributed by atoms with E-state index < -0.39 is 5.38 Å². The maximum atomic E-state index is 11.0. The van der Waals surface area contributed by atoms with Crippen molar-refractivity contribution in [2.45, 2.75) is 22.1 Å². The van der Waals surface area contributed by atoms with E-state index in [0.717, 1.165) is 4.90 Å². The quantitative estimate of drug-likeness (QED) is 0.592. The Balaban J connectivity index is 3.12. The van der Waals surface area contributed by atoms with Crippen LogP contribution in [0.25, 0.3) is 0 Å². The molecule has 0 saturated heterocycles. The normalized spacial score (nSPS) is 12.6. The average Bonchev–Trinajstić information content (AvgIpc) is 2.08. The first kappa shape index (κ1) is 11.0. The summed E-state index contributed by atoms with van der Waals surface area (Å²) in [5, 5.41) is -0.625. The number of halogens is 1. The molecule has 0 aliphatic heterocycles. The highest BCUT2D eigenvalue weighted by Crippen LogP contribution is 2.29. The zero-order valence-corrected chi connectivity index (χ0v) is 9.53. The van der Waals surface area contributed by atoms with Crippen molar-refractivity contribution in [3.8, 4) is 0 Å². The molecule has 1 nitrogen and oxygen atoms in total. The molecule has 1 aromatic rings. The number of hydrogen-bond acceptors (Lipinski definition) is 3. The van der Waals surface area contributed by atoms with Crippen LogP contribution in [-0.2, 0) is 4.79 Å². The number of benzene rings is 1. The predicted octanol–water partition coefficient (Wildman–Crippen LogP) is 3.13. The van der Waals surface area contributed by atoms with Crippen molar-refractivity contribution in [3.63, 3.8) is 0 Å². The molecule has 0 N–H and O–H groups in total. The molecule has 70 valence electrons. The third-order valence-corrected chi connectivity index (χ3v) is 2.87. The van der Waals surface area contributed by atoms with Gasteiger partial charge in [-0.25, -0.2) is 0 Å². The van der Waals surface area contributed by atoms with Gasteiger partial charge in [0, 0.05) is 9.79 Å². The van der Waals surface area contributed by atoms with E-state index in [-0.39, 0.29) is 5.78 Å². The molecular formula is C9H9ClOS2. The first-order chi connectivity index (χ1) is 6.02. The second kappa shape index (κ2) is 4.40. The van der Waals surface area contributed by atoms with Gasteiger partial charge in [-0.15, -0.1) is 36.9 Å². The second-order valence-electron chi connectivity index (χ2n) is 2.72. The number of rotatable bonds is 2. The van der Waals surface area contributed by atoms with E-state index in [0.29, 0.717) is 10.5 Å². The molecule has 0 aromatic heterocycles. The summed E-state index contributed by atoms with van der Waals surface area (Å²) in [6, 6.07) is 5.34. The molecule has 0 aliphatic carbocycles. The molecule has 1 aromatic carbocycles. The Morgan fingerprint density at radius 3 is 2.62 bits per heavy atom. The summed E-state index contributed by atoms with van der Waals surface area (Å²) in [6.07, 6.45) is 0. The first-order valence-corrected chi connectivity index (χ1v) is 5.02. The summed E-state index contributed by atoms with van der Waals surface area (Å²) in [5.74, 6) is -0.0871. The van der Waals surface area contributed by atoms with E-state index in [4.69, 9.17) is 11.6 Å². The average molecular weight is 233 g/mol. The van der Waals surface area contributed by atoms with Crippen LogP contribution in [0.2, 0.25) is 0 Å². The molecule has 0 radical (unpaired) electrons. The second-order valence-corrected chi connectivity index (χ2v) is 4.15. The number of ketones is 1. The third kappa shape index (κ3) is 2.66. The van der Waals surface area contributed by atoms with Gasteiger partial charge in [0.2, 0.25) is 0 Å². The van der Waals surface area contributed by atoms with Gasteiger partial charge in [0.1, 0.15) is 5.38 Å². The van der Waals surface area contributed by atoms with Gasteiger partial charge in [-0.3, -0.25) is 4.79 Å². The first-order valence-electron chi connectivity index (χ1n) is 3.68. The van der Waals surface area contributed by atoms with Crippen LogP contribution in [0.1, 0.15) is 17.9 Å². The molecule has 1 rings (SSSR count). The molecule has 0 amide bonds. The molecule has 0 aliphatic rings. The number of Topliss-reactive ketones (excluding diaryl/α,β-unsaturated/α-hetero) is 1. The maximum Gasteiger partial charge on any atom is 0.152 e. The third-order valence-electron chi connectivity index (χ3n) is 1.64. The van der Waals surface area contributed by atoms with Crippen molar-refractivity contribution < 1.29 is 4.79 Å². The van der Waals surface area contributed by atoms with E-state index in [1.165, 1.54) is 6.92 Å². The number of alkyl halides is 1. The lowest BCUT2D eigenvalue weighted by molar-refractivity contribution is -0.116. The fourth-order valence-corrected chi connectivity index (χ4v) is 1.70. The van der Waals surface area contributed by atoms with Crippen molar-refractivity contribution >= 4 is 42.6 Å². The summed E-state index contributed by atoms with van der Waals surface area (Å²) in [7, 11) is 0. The SMILES string of the molecule is CC(=O)C(Cl)c1cc(S)ccc1S. The van der Waals surface area contributed by atoms with Crippen LogP contribution in [0.3, 0.4) is 0 Å². The van der Waals surface area contributed by atoms with Crippen molar-refractivity contribution in [2.75, 3.05) is 0 Å². The van der Waals surface area contributed by atoms with E-state index in [1.807, 2.05) is 0 Å². The molecule has 0 spiro atoms. The molecule has 0 saturated carbocycles. The number of carbonyl (C=O) groups is 1. The van der Waals surface area contributed by atoms with Gasteiger partial charge < -0.3 is 0 Å². The Morgan fingerprint density at radius 1 is 1.46 bits per heavy atom. The van der Waals surface area contributed by atoms with Crippen LogP contribution in [0.15, 0.2) is 28.0 Å². The molecule has 0 heterocycles. The van der Waals surface area contributed by atoms with E-state index in [9.17, 15) is 4.79 Å². The predicted molar refractivity (Wildman–Crippen MR) is 60.2 cm³/mol. The molecular weight excluding hydrogens is 224 g/mol. The summed E-state index contributed by atoms with van der Waals surface area (Å²) >= 11 is 14.3. The van der Waals surface area contributed by atoms with Gasteiger partial charge in [-0.1, -0.05) is 0 Å². The number of carbonyl (C=O) groups excluding carboxylic acids is 1. The van der Waals surface area contributed by atoms with Gasteiger partial charge in [0.15, 0.2) is 5.78 Å². The fourth-order valence-electron chi connectivity index (χ4n) is 0.964. The van der Waals surface area contributed by atoms with Gasteiger partial charge in [0.25, 0.3) is 0 Å². The van der Waals surface area contributed by atoms with Crippen molar-refractivity contribution in [2.24, 2.45) is 0 Å². The minimum Gasteiger partial charge on any atom is -0.298 e. The zero-order chi connectivity index (χ0) is 10.0. The zero-order valence-electron chi connectivity index (χ0n) is 6.99. The standard InChI is InChI=1S/C9H9ClOS2/c1-5(11)9(10)7-4-6(12)2-3-8(7)13/h2-4,9,12-13H,1H3. The minimum atomic E-state index is -0.625. The Labute approximate surface area is 93.3 Å². The van der Waals surface area contributed by atoms with E-state index in [1.54, 1.807) is 18.2 Å². The Hall–Kier alpha value is -0.120. The number of hydrogen-bond donors (Lipinski definition) is 2. The molecule has 4 heteroatoms. The molecule has 13 heavy (non-hydrogen) atoms. The van der Waals surface area contributed by atoms with Crippen molar-refractivity contribution in [1.29, 1.82) is 0 Å². The van der Waals surface area contributed by atoms with Crippen LogP contribution < -0.4 is 0 Å². The van der Waals surface area contributed by atoms with Crippen molar-refractivity contribution in [3.05, 3.63) is 23.8 Å². The lowest BCUT2D eigenvalue weighted by Crippen LogP contribution is -2.02. The highest BCUT2D eigenvalue weighted by atomic mass is 35.5. The van der Waals surface area contributed by atoms with Crippen LogP contribution in [0.5, 0.6) is 0 Å². The molecule has 1 atom stereocenters. The maximum absolute atomic E-state index is 11.0. The lowest BCUT2D eigenvalue weighted by atomic mass is 10.1. The van der Waals surface area contributed by atoms with E-state index in [2.05, 4.69) is 25.3 Å². The summed E-state index contributed by atoms with van der Waals surface area (Å²) in [6.45, 7) is 1.45. The summed E-state index contributed by atoms with van der Waals surface area (Å²) < 4.78 is 0. The van der Waals surface area contributed by atoms with Crippen molar-refractivity contribution in [1.82, 2.24) is 0 Å². The highest BCUT2D eigenvalue weighted by Gasteiger charge is 2.15. The minimum absolute atomic E-state index is 0.0871. The molecule has 1 unspecified atom stereocenters. The molecule has 0 bridgehead atoms. The van der Waals surface area contributed by atoms with Gasteiger partial charge in [0.05, 0.1) is 0 Å². The Bertz CT molecular complexity index is 338. The largest absolute Gasteiger partial charge is 0.298 e. The van der Waals surface area contributed by atoms with Crippen LogP contribution >= 0.6 is 36.9 Å². The smallest absolute Gasteiger partial charge is 0.152 e. The van der Waals surface area contributed by atoms with Gasteiger partial charge in [-0.05, 0) is 30.7 Å².